The summed E-state index contributed by atoms with van der Waals surface area (Å²) in [4.78, 5) is 0.116. The van der Waals surface area contributed by atoms with Gasteiger partial charge in [-0.05, 0) is 24.6 Å². The quantitative estimate of drug-likeness (QED) is 0.854. The third kappa shape index (κ3) is 2.94. The Labute approximate surface area is 112 Å². The Balaban J connectivity index is 3.38. The number of rotatable bonds is 4. The molecule has 0 atom stereocenters. The zero-order valence-electron chi connectivity index (χ0n) is 10.00. The molecule has 0 aromatic heterocycles. The van der Waals surface area contributed by atoms with Crippen LogP contribution in [0.1, 0.15) is 19.4 Å². The predicted molar refractivity (Wildman–Crippen MR) is 71.3 cm³/mol. The standard InChI is InChI=1S/C11H15Cl2NO2S/c1-4-14(5-2)17(15,16)11-6-8(3)9(12)7-10(11)13/h6-7H,4-5H2,1-3H3. The summed E-state index contributed by atoms with van der Waals surface area (Å²) in [5, 5.41) is 0.626. The van der Waals surface area contributed by atoms with Crippen LogP contribution in [0.5, 0.6) is 0 Å². The van der Waals surface area contributed by atoms with Crippen molar-refractivity contribution in [1.82, 2.24) is 4.31 Å². The lowest BCUT2D eigenvalue weighted by atomic mass is 10.2. The Bertz CT molecular complexity index is 510. The van der Waals surface area contributed by atoms with Gasteiger partial charge in [0.1, 0.15) is 4.90 Å². The predicted octanol–water partition coefficient (Wildman–Crippen LogP) is 3.33. The number of halogens is 2. The summed E-state index contributed by atoms with van der Waals surface area (Å²) in [6.07, 6.45) is 0. The van der Waals surface area contributed by atoms with E-state index < -0.39 is 10.0 Å². The topological polar surface area (TPSA) is 37.4 Å². The van der Waals surface area contributed by atoms with Gasteiger partial charge in [-0.15, -0.1) is 0 Å². The van der Waals surface area contributed by atoms with Crippen LogP contribution in [0, 0.1) is 6.92 Å². The first-order valence-electron chi connectivity index (χ1n) is 5.30. The first-order chi connectivity index (χ1) is 7.84. The second kappa shape index (κ2) is 5.57. The van der Waals surface area contributed by atoms with Crippen molar-refractivity contribution in [2.45, 2.75) is 25.7 Å². The monoisotopic (exact) mass is 295 g/mol. The summed E-state index contributed by atoms with van der Waals surface area (Å²) in [7, 11) is -3.53. The van der Waals surface area contributed by atoms with Crippen LogP contribution in [0.15, 0.2) is 17.0 Å². The van der Waals surface area contributed by atoms with Gasteiger partial charge in [-0.3, -0.25) is 0 Å². The van der Waals surface area contributed by atoms with Crippen molar-refractivity contribution in [2.24, 2.45) is 0 Å². The lowest BCUT2D eigenvalue weighted by Gasteiger charge is -2.19. The summed E-state index contributed by atoms with van der Waals surface area (Å²) in [5.41, 5.74) is 0.696. The van der Waals surface area contributed by atoms with Crippen LogP contribution < -0.4 is 0 Å². The van der Waals surface area contributed by atoms with Gasteiger partial charge in [0, 0.05) is 18.1 Å². The van der Waals surface area contributed by atoms with Crippen molar-refractivity contribution in [2.75, 3.05) is 13.1 Å². The minimum Gasteiger partial charge on any atom is -0.207 e. The summed E-state index contributed by atoms with van der Waals surface area (Å²) < 4.78 is 25.9. The van der Waals surface area contributed by atoms with E-state index >= 15 is 0 Å². The van der Waals surface area contributed by atoms with Crippen LogP contribution in [-0.2, 0) is 10.0 Å². The van der Waals surface area contributed by atoms with Gasteiger partial charge in [-0.25, -0.2) is 8.42 Å². The molecule has 0 radical (unpaired) electrons. The smallest absolute Gasteiger partial charge is 0.207 e. The fourth-order valence-electron chi connectivity index (χ4n) is 1.53. The van der Waals surface area contributed by atoms with E-state index in [2.05, 4.69) is 0 Å². The average Bonchev–Trinajstić information content (AvgIpc) is 2.24. The molecule has 0 saturated heterocycles. The molecule has 0 heterocycles. The summed E-state index contributed by atoms with van der Waals surface area (Å²) in [6, 6.07) is 2.98. The van der Waals surface area contributed by atoms with Crippen LogP contribution in [0.25, 0.3) is 0 Å². The van der Waals surface area contributed by atoms with E-state index in [1.807, 2.05) is 0 Å². The number of sulfonamides is 1. The summed E-state index contributed by atoms with van der Waals surface area (Å²) in [6.45, 7) is 6.16. The SMILES string of the molecule is CCN(CC)S(=O)(=O)c1cc(C)c(Cl)cc1Cl. The van der Waals surface area contributed by atoms with Crippen molar-refractivity contribution < 1.29 is 8.42 Å². The van der Waals surface area contributed by atoms with Crippen LogP contribution in [0.2, 0.25) is 10.0 Å². The van der Waals surface area contributed by atoms with E-state index in [0.29, 0.717) is 23.7 Å². The molecule has 0 unspecified atom stereocenters. The van der Waals surface area contributed by atoms with E-state index in [-0.39, 0.29) is 9.92 Å². The van der Waals surface area contributed by atoms with Crippen molar-refractivity contribution in [3.8, 4) is 0 Å². The van der Waals surface area contributed by atoms with Crippen LogP contribution in [0.4, 0.5) is 0 Å². The Morgan fingerprint density at radius 2 is 1.65 bits per heavy atom. The fourth-order valence-corrected chi connectivity index (χ4v) is 3.80. The Morgan fingerprint density at radius 3 is 2.12 bits per heavy atom. The Hall–Kier alpha value is -0.290. The molecule has 0 spiro atoms. The van der Waals surface area contributed by atoms with Crippen LogP contribution in [-0.4, -0.2) is 25.8 Å². The summed E-state index contributed by atoms with van der Waals surface area (Å²) >= 11 is 11.8. The first-order valence-corrected chi connectivity index (χ1v) is 7.50. The molecule has 0 N–H and O–H groups in total. The number of hydrogen-bond donors (Lipinski definition) is 0. The van der Waals surface area contributed by atoms with Gasteiger partial charge in [0.05, 0.1) is 5.02 Å². The maximum absolute atomic E-state index is 12.3. The fraction of sp³-hybridized carbons (Fsp3) is 0.455. The summed E-state index contributed by atoms with van der Waals surface area (Å²) in [5.74, 6) is 0. The highest BCUT2D eigenvalue weighted by molar-refractivity contribution is 7.89. The second-order valence-electron chi connectivity index (χ2n) is 3.62. The number of nitrogens with zero attached hydrogens (tertiary/aromatic N) is 1. The molecule has 1 rings (SSSR count). The normalized spacial score (nSPS) is 12.1. The van der Waals surface area contributed by atoms with Crippen LogP contribution >= 0.6 is 23.2 Å². The Morgan fingerprint density at radius 1 is 1.12 bits per heavy atom. The maximum Gasteiger partial charge on any atom is 0.244 e. The van der Waals surface area contributed by atoms with E-state index in [4.69, 9.17) is 23.2 Å². The van der Waals surface area contributed by atoms with E-state index in [0.717, 1.165) is 0 Å². The van der Waals surface area contributed by atoms with Gasteiger partial charge in [0.2, 0.25) is 10.0 Å². The van der Waals surface area contributed by atoms with Crippen molar-refractivity contribution in [3.63, 3.8) is 0 Å². The number of hydrogen-bond acceptors (Lipinski definition) is 2. The van der Waals surface area contributed by atoms with Crippen LogP contribution in [0.3, 0.4) is 0 Å². The molecular weight excluding hydrogens is 281 g/mol. The number of aryl methyl sites for hydroxylation is 1. The third-order valence-electron chi connectivity index (χ3n) is 2.54. The molecular formula is C11H15Cl2NO2S. The van der Waals surface area contributed by atoms with E-state index in [1.165, 1.54) is 16.4 Å². The molecule has 96 valence electrons. The van der Waals surface area contributed by atoms with Crippen molar-refractivity contribution in [1.29, 1.82) is 0 Å². The molecule has 1 aromatic rings. The minimum absolute atomic E-state index is 0.116. The largest absolute Gasteiger partial charge is 0.244 e. The second-order valence-corrected chi connectivity index (χ2v) is 6.34. The molecule has 0 saturated carbocycles. The first kappa shape index (κ1) is 14.8. The van der Waals surface area contributed by atoms with Gasteiger partial charge >= 0.3 is 0 Å². The average molecular weight is 296 g/mol. The lowest BCUT2D eigenvalue weighted by Crippen LogP contribution is -2.30. The highest BCUT2D eigenvalue weighted by Crippen LogP contribution is 2.30. The lowest BCUT2D eigenvalue weighted by molar-refractivity contribution is 0.445. The molecule has 0 fully saturated rings. The Kier molecular flexibility index (Phi) is 4.84. The van der Waals surface area contributed by atoms with Crippen molar-refractivity contribution >= 4 is 33.2 Å². The molecule has 6 heteroatoms. The molecule has 0 aliphatic rings. The molecule has 17 heavy (non-hydrogen) atoms. The van der Waals surface area contributed by atoms with Gasteiger partial charge in [-0.2, -0.15) is 4.31 Å². The van der Waals surface area contributed by atoms with Crippen molar-refractivity contribution in [3.05, 3.63) is 27.7 Å². The molecule has 0 aliphatic heterocycles. The van der Waals surface area contributed by atoms with Gasteiger partial charge < -0.3 is 0 Å². The van der Waals surface area contributed by atoms with Gasteiger partial charge in [-0.1, -0.05) is 37.0 Å². The highest BCUT2D eigenvalue weighted by atomic mass is 35.5. The van der Waals surface area contributed by atoms with Gasteiger partial charge in [0.25, 0.3) is 0 Å². The van der Waals surface area contributed by atoms with E-state index in [1.54, 1.807) is 20.8 Å². The zero-order chi connectivity index (χ0) is 13.2. The third-order valence-corrected chi connectivity index (χ3v) is 5.46. The van der Waals surface area contributed by atoms with E-state index in [9.17, 15) is 8.42 Å². The molecule has 0 aliphatic carbocycles. The zero-order valence-corrected chi connectivity index (χ0v) is 12.3. The molecule has 1 aromatic carbocycles. The molecule has 3 nitrogen and oxygen atoms in total. The minimum atomic E-state index is -3.53. The number of benzene rings is 1. The maximum atomic E-state index is 12.3. The van der Waals surface area contributed by atoms with Gasteiger partial charge in [0.15, 0.2) is 0 Å². The molecule has 0 amide bonds. The molecule has 0 bridgehead atoms. The highest BCUT2D eigenvalue weighted by Gasteiger charge is 2.24.